The summed E-state index contributed by atoms with van der Waals surface area (Å²) in [7, 11) is 1.25. The van der Waals surface area contributed by atoms with E-state index >= 15 is 0 Å². The van der Waals surface area contributed by atoms with E-state index in [9.17, 15) is 9.90 Å². The third kappa shape index (κ3) is 3.11. The zero-order valence-electron chi connectivity index (χ0n) is 8.11. The van der Waals surface area contributed by atoms with E-state index in [-0.39, 0.29) is 17.2 Å². The summed E-state index contributed by atoms with van der Waals surface area (Å²) >= 11 is 5.65. The van der Waals surface area contributed by atoms with Gasteiger partial charge in [-0.25, -0.2) is 0 Å². The molecule has 1 aromatic rings. The van der Waals surface area contributed by atoms with E-state index in [4.69, 9.17) is 16.7 Å². The van der Waals surface area contributed by atoms with Crippen molar-refractivity contribution in [1.29, 1.82) is 0 Å². The van der Waals surface area contributed by atoms with Gasteiger partial charge in [0.25, 0.3) is 0 Å². The number of aromatic hydroxyl groups is 1. The summed E-state index contributed by atoms with van der Waals surface area (Å²) in [5, 5.41) is 18.9. The van der Waals surface area contributed by atoms with Crippen molar-refractivity contribution < 1.29 is 19.7 Å². The lowest BCUT2D eigenvalue weighted by Gasteiger charge is -2.10. The number of carbonyl (C=O) groups is 1. The molecule has 0 heterocycles. The molecule has 0 aliphatic carbocycles. The van der Waals surface area contributed by atoms with Crippen LogP contribution in [-0.2, 0) is 9.53 Å². The number of carbonyl (C=O) groups excluding carboxylic acids is 1. The van der Waals surface area contributed by atoms with Crippen molar-refractivity contribution in [2.45, 2.75) is 12.5 Å². The van der Waals surface area contributed by atoms with Crippen molar-refractivity contribution in [2.24, 2.45) is 0 Å². The summed E-state index contributed by atoms with van der Waals surface area (Å²) in [5.41, 5.74) is 0.461. The Morgan fingerprint density at radius 2 is 2.27 bits per heavy atom. The second-order valence-electron chi connectivity index (χ2n) is 3.01. The third-order valence-electron chi connectivity index (χ3n) is 1.94. The maximum absolute atomic E-state index is 10.9. The van der Waals surface area contributed by atoms with Crippen LogP contribution in [0.5, 0.6) is 5.75 Å². The Kier molecular flexibility index (Phi) is 3.94. The fraction of sp³-hybridized carbons (Fsp3) is 0.300. The maximum atomic E-state index is 10.9. The third-order valence-corrected chi connectivity index (χ3v) is 2.25. The number of aliphatic hydroxyl groups excluding tert-OH is 1. The predicted octanol–water partition coefficient (Wildman–Crippen LogP) is 1.64. The van der Waals surface area contributed by atoms with E-state index in [0.29, 0.717) is 5.56 Å². The van der Waals surface area contributed by atoms with Crippen LogP contribution in [0.15, 0.2) is 18.2 Å². The number of hydrogen-bond donors (Lipinski definition) is 2. The molecule has 1 atom stereocenters. The average Bonchev–Trinajstić information content (AvgIpc) is 2.21. The number of hydrogen-bond acceptors (Lipinski definition) is 4. The minimum atomic E-state index is -0.976. The van der Waals surface area contributed by atoms with Crippen LogP contribution in [0.3, 0.4) is 0 Å². The van der Waals surface area contributed by atoms with Gasteiger partial charge in [0.05, 0.1) is 24.7 Å². The van der Waals surface area contributed by atoms with E-state index in [1.807, 2.05) is 0 Å². The molecule has 0 aliphatic rings. The fourth-order valence-corrected chi connectivity index (χ4v) is 1.28. The number of benzene rings is 1. The van der Waals surface area contributed by atoms with Crippen LogP contribution in [0, 0.1) is 0 Å². The first kappa shape index (κ1) is 11.8. The Labute approximate surface area is 92.1 Å². The molecule has 82 valence electrons. The fourth-order valence-electron chi connectivity index (χ4n) is 1.09. The molecule has 2 N–H and O–H groups in total. The van der Waals surface area contributed by atoms with Crippen molar-refractivity contribution in [1.82, 2.24) is 0 Å². The Hall–Kier alpha value is -1.26. The number of ether oxygens (including phenoxy) is 1. The molecule has 0 aromatic heterocycles. The molecule has 4 nitrogen and oxygen atoms in total. The molecule has 1 rings (SSSR count). The summed E-state index contributed by atoms with van der Waals surface area (Å²) in [6.07, 6.45) is -1.12. The molecule has 0 radical (unpaired) electrons. The highest BCUT2D eigenvalue weighted by Gasteiger charge is 2.14. The molecule has 15 heavy (non-hydrogen) atoms. The molecule has 0 saturated heterocycles. The van der Waals surface area contributed by atoms with Crippen LogP contribution in [-0.4, -0.2) is 23.3 Å². The predicted molar refractivity (Wildman–Crippen MR) is 54.7 cm³/mol. The van der Waals surface area contributed by atoms with E-state index in [1.165, 1.54) is 25.3 Å². The summed E-state index contributed by atoms with van der Waals surface area (Å²) in [6, 6.07) is 4.26. The molecular weight excluding hydrogens is 220 g/mol. The molecule has 0 amide bonds. The lowest BCUT2D eigenvalue weighted by Crippen LogP contribution is -2.07. The lowest BCUT2D eigenvalue weighted by atomic mass is 10.1. The van der Waals surface area contributed by atoms with Crippen molar-refractivity contribution >= 4 is 17.6 Å². The van der Waals surface area contributed by atoms with E-state index in [2.05, 4.69) is 4.74 Å². The molecule has 0 bridgehead atoms. The first-order valence-electron chi connectivity index (χ1n) is 4.28. The van der Waals surface area contributed by atoms with Crippen molar-refractivity contribution in [3.8, 4) is 5.75 Å². The normalized spacial score (nSPS) is 12.2. The Balaban J connectivity index is 2.78. The van der Waals surface area contributed by atoms with Gasteiger partial charge in [0.2, 0.25) is 0 Å². The Morgan fingerprint density at radius 1 is 1.60 bits per heavy atom. The average molecular weight is 231 g/mol. The van der Waals surface area contributed by atoms with Gasteiger partial charge in [0.1, 0.15) is 5.75 Å². The molecule has 5 heteroatoms. The molecule has 1 unspecified atom stereocenters. The highest BCUT2D eigenvalue weighted by molar-refractivity contribution is 6.32. The number of halogens is 1. The van der Waals surface area contributed by atoms with Gasteiger partial charge < -0.3 is 14.9 Å². The van der Waals surface area contributed by atoms with Crippen LogP contribution >= 0.6 is 11.6 Å². The zero-order valence-corrected chi connectivity index (χ0v) is 8.86. The quantitative estimate of drug-likeness (QED) is 0.775. The highest BCUT2D eigenvalue weighted by atomic mass is 35.5. The summed E-state index contributed by atoms with van der Waals surface area (Å²) in [6.45, 7) is 0. The first-order valence-corrected chi connectivity index (χ1v) is 4.65. The van der Waals surface area contributed by atoms with Gasteiger partial charge in [-0.1, -0.05) is 17.7 Å². The monoisotopic (exact) mass is 230 g/mol. The van der Waals surface area contributed by atoms with Gasteiger partial charge in [-0.15, -0.1) is 0 Å². The second kappa shape index (κ2) is 5.00. The Bertz CT molecular complexity index is 364. The van der Waals surface area contributed by atoms with Gasteiger partial charge in [0, 0.05) is 0 Å². The van der Waals surface area contributed by atoms with Crippen LogP contribution in [0.1, 0.15) is 18.1 Å². The van der Waals surface area contributed by atoms with Crippen molar-refractivity contribution in [3.05, 3.63) is 28.8 Å². The standard InChI is InChI=1S/C10H11ClO4/c1-15-10(14)5-9(13)6-2-3-8(12)7(11)4-6/h2-4,9,12-13H,5H2,1H3. The van der Waals surface area contributed by atoms with Gasteiger partial charge in [-0.3, -0.25) is 4.79 Å². The van der Waals surface area contributed by atoms with Crippen LogP contribution in [0.2, 0.25) is 5.02 Å². The topological polar surface area (TPSA) is 66.8 Å². The van der Waals surface area contributed by atoms with Crippen LogP contribution in [0.25, 0.3) is 0 Å². The zero-order chi connectivity index (χ0) is 11.4. The van der Waals surface area contributed by atoms with Gasteiger partial charge >= 0.3 is 5.97 Å². The smallest absolute Gasteiger partial charge is 0.308 e. The summed E-state index contributed by atoms with van der Waals surface area (Å²) < 4.78 is 4.42. The molecular formula is C10H11ClO4. The molecule has 1 aromatic carbocycles. The van der Waals surface area contributed by atoms with E-state index in [1.54, 1.807) is 0 Å². The van der Waals surface area contributed by atoms with Gasteiger partial charge in [-0.2, -0.15) is 0 Å². The number of aliphatic hydroxyl groups is 1. The van der Waals surface area contributed by atoms with E-state index < -0.39 is 12.1 Å². The highest BCUT2D eigenvalue weighted by Crippen LogP contribution is 2.27. The van der Waals surface area contributed by atoms with E-state index in [0.717, 1.165) is 0 Å². The van der Waals surface area contributed by atoms with Crippen LogP contribution in [0.4, 0.5) is 0 Å². The molecule has 0 saturated carbocycles. The number of esters is 1. The second-order valence-corrected chi connectivity index (χ2v) is 3.41. The van der Waals surface area contributed by atoms with Gasteiger partial charge in [-0.05, 0) is 17.7 Å². The number of methoxy groups -OCH3 is 1. The first-order chi connectivity index (χ1) is 7.04. The van der Waals surface area contributed by atoms with Crippen molar-refractivity contribution in [3.63, 3.8) is 0 Å². The Morgan fingerprint density at radius 3 is 2.80 bits per heavy atom. The number of phenolic OH excluding ortho intramolecular Hbond substituents is 1. The number of rotatable bonds is 3. The van der Waals surface area contributed by atoms with Crippen molar-refractivity contribution in [2.75, 3.05) is 7.11 Å². The molecule has 0 spiro atoms. The number of phenols is 1. The maximum Gasteiger partial charge on any atom is 0.308 e. The van der Waals surface area contributed by atoms with Crippen LogP contribution < -0.4 is 0 Å². The van der Waals surface area contributed by atoms with Gasteiger partial charge in [0.15, 0.2) is 0 Å². The minimum absolute atomic E-state index is 0.0642. The summed E-state index contributed by atoms with van der Waals surface area (Å²) in [4.78, 5) is 10.9. The minimum Gasteiger partial charge on any atom is -0.506 e. The molecule has 0 fully saturated rings. The lowest BCUT2D eigenvalue weighted by molar-refractivity contribution is -0.142. The molecule has 0 aliphatic heterocycles. The SMILES string of the molecule is COC(=O)CC(O)c1ccc(O)c(Cl)c1. The summed E-state index contributed by atoms with van der Waals surface area (Å²) in [5.74, 6) is -0.572. The largest absolute Gasteiger partial charge is 0.506 e.